The molecule has 0 aliphatic heterocycles. The molecule has 0 bridgehead atoms. The van der Waals surface area contributed by atoms with E-state index < -0.39 is 4.92 Å². The Morgan fingerprint density at radius 1 is 1.36 bits per heavy atom. The maximum Gasteiger partial charge on any atom is 0.373 e. The number of nitrogens with zero attached hydrogens (tertiary/aromatic N) is 3. The Balaban J connectivity index is 1.85. The lowest BCUT2D eigenvalue weighted by Crippen LogP contribution is -1.98. The molecule has 114 valence electrons. The van der Waals surface area contributed by atoms with Crippen LogP contribution in [0.3, 0.4) is 0 Å². The van der Waals surface area contributed by atoms with Crippen LogP contribution >= 0.6 is 11.3 Å². The number of hydrogen-bond donors (Lipinski definition) is 1. The Morgan fingerprint density at radius 3 is 2.82 bits per heavy atom. The van der Waals surface area contributed by atoms with Gasteiger partial charge in [0.25, 0.3) is 4.96 Å². The number of fused-ring (bicyclic) bond motifs is 1. The zero-order chi connectivity index (χ0) is 15.5. The first-order valence-electron chi connectivity index (χ1n) is 7.15. The van der Waals surface area contributed by atoms with Crippen molar-refractivity contribution in [2.45, 2.75) is 26.2 Å². The van der Waals surface area contributed by atoms with Crippen LogP contribution in [0.15, 0.2) is 35.8 Å². The number of nitro groups is 1. The van der Waals surface area contributed by atoms with Gasteiger partial charge in [0.05, 0.1) is 0 Å². The molecule has 3 rings (SSSR count). The van der Waals surface area contributed by atoms with Crippen LogP contribution in [0.4, 0.5) is 17.3 Å². The molecule has 0 radical (unpaired) electrons. The van der Waals surface area contributed by atoms with Gasteiger partial charge in [0.2, 0.25) is 5.82 Å². The number of aromatic nitrogens is 2. The van der Waals surface area contributed by atoms with Gasteiger partial charge in [-0.3, -0.25) is 0 Å². The van der Waals surface area contributed by atoms with Crippen LogP contribution in [0.1, 0.15) is 25.3 Å². The first kappa shape index (κ1) is 14.5. The van der Waals surface area contributed by atoms with E-state index in [1.54, 1.807) is 11.6 Å². The minimum atomic E-state index is -0.412. The van der Waals surface area contributed by atoms with Crippen molar-refractivity contribution in [3.63, 3.8) is 0 Å². The number of benzene rings is 1. The normalized spacial score (nSPS) is 11.0. The third-order valence-electron chi connectivity index (χ3n) is 3.45. The van der Waals surface area contributed by atoms with Gasteiger partial charge in [-0.1, -0.05) is 36.8 Å². The number of hydrogen-bond acceptors (Lipinski definition) is 5. The van der Waals surface area contributed by atoms with E-state index in [-0.39, 0.29) is 11.6 Å². The van der Waals surface area contributed by atoms with E-state index in [1.165, 1.54) is 21.3 Å². The van der Waals surface area contributed by atoms with Gasteiger partial charge in [0.15, 0.2) is 0 Å². The van der Waals surface area contributed by atoms with E-state index >= 15 is 0 Å². The van der Waals surface area contributed by atoms with Crippen LogP contribution in [0, 0.1) is 10.1 Å². The molecule has 1 aromatic carbocycles. The average Bonchev–Trinajstić information content (AvgIpc) is 3.06. The Morgan fingerprint density at radius 2 is 2.14 bits per heavy atom. The highest BCUT2D eigenvalue weighted by atomic mass is 32.1. The number of rotatable bonds is 6. The summed E-state index contributed by atoms with van der Waals surface area (Å²) in [4.78, 5) is 15.7. The predicted molar refractivity (Wildman–Crippen MR) is 88.1 cm³/mol. The Hall–Kier alpha value is -2.41. The lowest BCUT2D eigenvalue weighted by molar-refractivity contribution is -0.389. The lowest BCUT2D eigenvalue weighted by Gasteiger charge is -2.05. The minimum absolute atomic E-state index is 0.0358. The number of aryl methyl sites for hydroxylation is 1. The van der Waals surface area contributed by atoms with Crippen molar-refractivity contribution >= 4 is 33.6 Å². The quantitative estimate of drug-likeness (QED) is 0.540. The van der Waals surface area contributed by atoms with Crippen LogP contribution in [0.5, 0.6) is 0 Å². The monoisotopic (exact) mass is 316 g/mol. The summed E-state index contributed by atoms with van der Waals surface area (Å²) in [6, 6.07) is 7.95. The Bertz CT molecular complexity index is 792. The fourth-order valence-electron chi connectivity index (χ4n) is 2.30. The van der Waals surface area contributed by atoms with Gasteiger partial charge in [-0.15, -0.1) is 0 Å². The molecule has 6 nitrogen and oxygen atoms in total. The van der Waals surface area contributed by atoms with Gasteiger partial charge in [-0.25, -0.2) is 0 Å². The zero-order valence-electron chi connectivity index (χ0n) is 12.2. The molecule has 0 aliphatic rings. The van der Waals surface area contributed by atoms with E-state index in [0.29, 0.717) is 4.96 Å². The summed E-state index contributed by atoms with van der Waals surface area (Å²) >= 11 is 1.37. The molecule has 7 heteroatoms. The van der Waals surface area contributed by atoms with Crippen molar-refractivity contribution in [3.8, 4) is 0 Å². The summed E-state index contributed by atoms with van der Waals surface area (Å²) < 4.78 is 1.49. The molecule has 0 atom stereocenters. The topological polar surface area (TPSA) is 72.5 Å². The van der Waals surface area contributed by atoms with E-state index in [0.717, 1.165) is 24.9 Å². The first-order chi connectivity index (χ1) is 10.7. The zero-order valence-corrected chi connectivity index (χ0v) is 13.0. The smallest absolute Gasteiger partial charge is 0.358 e. The molecule has 0 aliphatic carbocycles. The summed E-state index contributed by atoms with van der Waals surface area (Å²) in [5.41, 5.74) is 2.07. The van der Waals surface area contributed by atoms with Crippen molar-refractivity contribution in [1.82, 2.24) is 9.38 Å². The summed E-state index contributed by atoms with van der Waals surface area (Å²) in [5.74, 6) is 0.240. The molecule has 0 spiro atoms. The number of imidazole rings is 1. The SMILES string of the molecule is CCCCc1ccc(Nc2nc3sccn3c2[N+](=O)[O-])cc1. The predicted octanol–water partition coefficient (Wildman–Crippen LogP) is 4.39. The molecule has 0 fully saturated rings. The fraction of sp³-hybridized carbons (Fsp3) is 0.267. The molecular formula is C15H16N4O2S. The largest absolute Gasteiger partial charge is 0.373 e. The molecule has 22 heavy (non-hydrogen) atoms. The molecule has 0 amide bonds. The van der Waals surface area contributed by atoms with Crippen LogP contribution < -0.4 is 5.32 Å². The second-order valence-electron chi connectivity index (χ2n) is 5.02. The molecule has 2 heterocycles. The third-order valence-corrected chi connectivity index (χ3v) is 4.20. The number of thiazole rings is 1. The standard InChI is InChI=1S/C15H16N4O2S/c1-2-3-4-11-5-7-12(8-6-11)16-13-14(19(20)21)18-9-10-22-15(18)17-13/h5-10,16H,2-4H2,1H3. The molecule has 0 saturated carbocycles. The molecule has 0 unspecified atom stereocenters. The molecule has 3 aromatic rings. The van der Waals surface area contributed by atoms with E-state index in [1.807, 2.05) is 24.3 Å². The molecule has 0 saturated heterocycles. The van der Waals surface area contributed by atoms with Gasteiger partial charge in [0.1, 0.15) is 6.20 Å². The van der Waals surface area contributed by atoms with Crippen LogP contribution in [-0.4, -0.2) is 14.3 Å². The second kappa shape index (κ2) is 6.15. The summed E-state index contributed by atoms with van der Waals surface area (Å²) in [5, 5.41) is 16.1. The third kappa shape index (κ3) is 2.80. The lowest BCUT2D eigenvalue weighted by atomic mass is 10.1. The average molecular weight is 316 g/mol. The molecule has 2 aromatic heterocycles. The first-order valence-corrected chi connectivity index (χ1v) is 8.03. The van der Waals surface area contributed by atoms with Crippen molar-refractivity contribution in [1.29, 1.82) is 0 Å². The van der Waals surface area contributed by atoms with Gasteiger partial charge in [-0.05, 0) is 35.5 Å². The summed E-state index contributed by atoms with van der Waals surface area (Å²) in [6.07, 6.45) is 5.04. The summed E-state index contributed by atoms with van der Waals surface area (Å²) in [7, 11) is 0. The van der Waals surface area contributed by atoms with E-state index in [9.17, 15) is 10.1 Å². The number of unbranched alkanes of at least 4 members (excludes halogenated alkanes) is 1. The van der Waals surface area contributed by atoms with E-state index in [2.05, 4.69) is 17.2 Å². The fourth-order valence-corrected chi connectivity index (χ4v) is 3.01. The highest BCUT2D eigenvalue weighted by Crippen LogP contribution is 2.30. The van der Waals surface area contributed by atoms with Gasteiger partial charge >= 0.3 is 5.82 Å². The maximum absolute atomic E-state index is 11.3. The highest BCUT2D eigenvalue weighted by molar-refractivity contribution is 7.15. The van der Waals surface area contributed by atoms with Gasteiger partial charge in [0, 0.05) is 11.1 Å². The number of nitrogens with one attached hydrogen (secondary N) is 1. The molecule has 1 N–H and O–H groups in total. The van der Waals surface area contributed by atoms with Gasteiger partial charge < -0.3 is 15.4 Å². The maximum atomic E-state index is 11.3. The highest BCUT2D eigenvalue weighted by Gasteiger charge is 2.23. The molecular weight excluding hydrogens is 300 g/mol. The van der Waals surface area contributed by atoms with Crippen molar-refractivity contribution in [2.75, 3.05) is 5.32 Å². The van der Waals surface area contributed by atoms with Crippen LogP contribution in [0.2, 0.25) is 0 Å². The Kier molecular flexibility index (Phi) is 4.06. The van der Waals surface area contributed by atoms with Crippen molar-refractivity contribution < 1.29 is 4.92 Å². The van der Waals surface area contributed by atoms with E-state index in [4.69, 9.17) is 0 Å². The number of anilines is 2. The van der Waals surface area contributed by atoms with Crippen molar-refractivity contribution in [2.24, 2.45) is 0 Å². The minimum Gasteiger partial charge on any atom is -0.358 e. The Labute approximate surface area is 131 Å². The van der Waals surface area contributed by atoms with Crippen LogP contribution in [0.25, 0.3) is 4.96 Å². The second-order valence-corrected chi connectivity index (χ2v) is 5.90. The van der Waals surface area contributed by atoms with Crippen molar-refractivity contribution in [3.05, 3.63) is 51.5 Å². The van der Waals surface area contributed by atoms with Gasteiger partial charge in [-0.2, -0.15) is 9.38 Å². The van der Waals surface area contributed by atoms with Crippen LogP contribution in [-0.2, 0) is 6.42 Å². The summed E-state index contributed by atoms with van der Waals surface area (Å²) in [6.45, 7) is 2.17.